The second kappa shape index (κ2) is 11.2. The van der Waals surface area contributed by atoms with Gasteiger partial charge < -0.3 is 29.3 Å². The topological polar surface area (TPSA) is 106 Å². The number of hydrogen-bond acceptors (Lipinski definition) is 7. The van der Waals surface area contributed by atoms with Crippen LogP contribution in [-0.4, -0.2) is 54.2 Å². The molecular formula is C29H29NO7. The zero-order chi connectivity index (χ0) is 26.5. The van der Waals surface area contributed by atoms with E-state index in [0.717, 1.165) is 11.1 Å². The van der Waals surface area contributed by atoms with Gasteiger partial charge in [0.15, 0.2) is 11.5 Å². The predicted molar refractivity (Wildman–Crippen MR) is 137 cm³/mol. The van der Waals surface area contributed by atoms with Crippen LogP contribution in [0.4, 0.5) is 0 Å². The molecule has 1 heterocycles. The Morgan fingerprint density at radius 1 is 1.00 bits per heavy atom. The second-order valence-electron chi connectivity index (χ2n) is 8.72. The first-order chi connectivity index (χ1) is 17.8. The Hall–Kier alpha value is -4.30. The standard InChI is InChI=1S/C29H29NO7/c1-18-5-4-6-19(15-18)17-37-22-10-7-20(8-11-22)27(32)25-26(21-9-12-23(31)24(16-21)36-3)30(13-14-35-2)29(34)28(25)33/h4-12,15-16,26,31-32H,13-14,17H2,1-3H3/b27-25+/t26-/m0/s1. The highest BCUT2D eigenvalue weighted by Gasteiger charge is 2.46. The molecule has 4 rings (SSSR count). The lowest BCUT2D eigenvalue weighted by molar-refractivity contribution is -0.140. The van der Waals surface area contributed by atoms with Crippen molar-refractivity contribution in [2.45, 2.75) is 19.6 Å². The van der Waals surface area contributed by atoms with Gasteiger partial charge in [-0.3, -0.25) is 9.59 Å². The van der Waals surface area contributed by atoms with Gasteiger partial charge in [0, 0.05) is 19.2 Å². The quantitative estimate of drug-likeness (QED) is 0.254. The van der Waals surface area contributed by atoms with E-state index in [1.807, 2.05) is 31.2 Å². The van der Waals surface area contributed by atoms with Crippen LogP contribution in [0.5, 0.6) is 17.2 Å². The summed E-state index contributed by atoms with van der Waals surface area (Å²) in [4.78, 5) is 27.4. The molecule has 1 aliphatic heterocycles. The number of benzene rings is 3. The fourth-order valence-electron chi connectivity index (χ4n) is 4.34. The molecular weight excluding hydrogens is 474 g/mol. The number of ketones is 1. The van der Waals surface area contributed by atoms with Crippen molar-refractivity contribution in [3.05, 3.63) is 94.6 Å². The smallest absolute Gasteiger partial charge is 0.295 e. The highest BCUT2D eigenvalue weighted by molar-refractivity contribution is 6.46. The fraction of sp³-hybridized carbons (Fsp3) is 0.241. The summed E-state index contributed by atoms with van der Waals surface area (Å²) in [5.74, 6) is -1.15. The predicted octanol–water partition coefficient (Wildman–Crippen LogP) is 4.36. The monoisotopic (exact) mass is 503 g/mol. The Morgan fingerprint density at radius 3 is 2.43 bits per heavy atom. The van der Waals surface area contributed by atoms with Crippen LogP contribution in [-0.2, 0) is 20.9 Å². The van der Waals surface area contributed by atoms with Crippen LogP contribution in [0.25, 0.3) is 5.76 Å². The summed E-state index contributed by atoms with van der Waals surface area (Å²) in [5.41, 5.74) is 2.99. The van der Waals surface area contributed by atoms with Gasteiger partial charge in [-0.1, -0.05) is 35.9 Å². The largest absolute Gasteiger partial charge is 0.507 e. The van der Waals surface area contributed by atoms with Crippen LogP contribution in [0.2, 0.25) is 0 Å². The zero-order valence-electron chi connectivity index (χ0n) is 20.9. The Kier molecular flexibility index (Phi) is 7.79. The maximum Gasteiger partial charge on any atom is 0.295 e. The van der Waals surface area contributed by atoms with Crippen LogP contribution in [0.3, 0.4) is 0 Å². The number of aliphatic hydroxyl groups is 1. The normalized spacial score (nSPS) is 16.7. The Balaban J connectivity index is 1.67. The van der Waals surface area contributed by atoms with Gasteiger partial charge in [-0.25, -0.2) is 0 Å². The Bertz CT molecular complexity index is 1330. The molecule has 0 aliphatic carbocycles. The third kappa shape index (κ3) is 5.44. The maximum absolute atomic E-state index is 13.1. The van der Waals surface area contributed by atoms with Crippen molar-refractivity contribution >= 4 is 17.4 Å². The van der Waals surface area contributed by atoms with E-state index in [4.69, 9.17) is 14.2 Å². The molecule has 0 bridgehead atoms. The van der Waals surface area contributed by atoms with E-state index in [9.17, 15) is 19.8 Å². The summed E-state index contributed by atoms with van der Waals surface area (Å²) < 4.78 is 16.2. The first-order valence-corrected chi connectivity index (χ1v) is 11.8. The molecule has 0 spiro atoms. The number of methoxy groups -OCH3 is 2. The summed E-state index contributed by atoms with van der Waals surface area (Å²) in [6.07, 6.45) is 0. The minimum absolute atomic E-state index is 0.0534. The SMILES string of the molecule is COCCN1C(=O)C(=O)/C(=C(/O)c2ccc(OCc3cccc(C)c3)cc2)[C@@H]1c1ccc(O)c(OC)c1. The first-order valence-electron chi connectivity index (χ1n) is 11.8. The van der Waals surface area contributed by atoms with Gasteiger partial charge in [0.1, 0.15) is 18.1 Å². The lowest BCUT2D eigenvalue weighted by Crippen LogP contribution is -2.32. The number of Topliss-reactive ketones (excluding diaryl/α,β-unsaturated/α-hetero) is 1. The summed E-state index contributed by atoms with van der Waals surface area (Å²) >= 11 is 0. The molecule has 1 amide bonds. The van der Waals surface area contributed by atoms with Gasteiger partial charge in [0.05, 0.1) is 25.3 Å². The van der Waals surface area contributed by atoms with Crippen molar-refractivity contribution in [2.75, 3.05) is 27.4 Å². The number of phenolic OH excluding ortho intramolecular Hbond substituents is 1. The van der Waals surface area contributed by atoms with E-state index in [1.54, 1.807) is 36.4 Å². The van der Waals surface area contributed by atoms with E-state index in [2.05, 4.69) is 0 Å². The van der Waals surface area contributed by atoms with E-state index >= 15 is 0 Å². The number of aliphatic hydroxyl groups excluding tert-OH is 1. The van der Waals surface area contributed by atoms with Crippen molar-refractivity contribution < 1.29 is 34.0 Å². The summed E-state index contributed by atoms with van der Waals surface area (Å²) in [6, 6.07) is 18.3. The van der Waals surface area contributed by atoms with Gasteiger partial charge in [0.2, 0.25) is 0 Å². The molecule has 1 atom stereocenters. The molecule has 0 saturated carbocycles. The van der Waals surface area contributed by atoms with E-state index in [1.165, 1.54) is 25.2 Å². The lowest BCUT2D eigenvalue weighted by Gasteiger charge is -2.25. The molecule has 1 saturated heterocycles. The number of carbonyl (C=O) groups is 2. The van der Waals surface area contributed by atoms with Crippen LogP contribution in [0, 0.1) is 6.92 Å². The Labute approximate surface area is 215 Å². The average molecular weight is 504 g/mol. The summed E-state index contributed by atoms with van der Waals surface area (Å²) in [6.45, 7) is 2.74. The molecule has 3 aromatic carbocycles. The number of ether oxygens (including phenoxy) is 3. The minimum atomic E-state index is -0.887. The Morgan fingerprint density at radius 2 is 1.76 bits per heavy atom. The summed E-state index contributed by atoms with van der Waals surface area (Å²) in [5, 5.41) is 21.3. The third-order valence-electron chi connectivity index (χ3n) is 6.21. The highest BCUT2D eigenvalue weighted by Crippen LogP contribution is 2.41. The molecule has 3 aromatic rings. The number of rotatable bonds is 9. The van der Waals surface area contributed by atoms with E-state index < -0.39 is 17.7 Å². The lowest BCUT2D eigenvalue weighted by atomic mass is 9.95. The van der Waals surface area contributed by atoms with Crippen molar-refractivity contribution in [3.8, 4) is 17.2 Å². The van der Waals surface area contributed by atoms with E-state index in [0.29, 0.717) is 23.5 Å². The number of carbonyl (C=O) groups excluding carboxylic acids is 2. The van der Waals surface area contributed by atoms with Gasteiger partial charge in [-0.2, -0.15) is 0 Å². The second-order valence-corrected chi connectivity index (χ2v) is 8.72. The molecule has 1 aliphatic rings. The molecule has 0 aromatic heterocycles. The van der Waals surface area contributed by atoms with Crippen LogP contribution >= 0.6 is 0 Å². The number of hydrogen-bond donors (Lipinski definition) is 2. The number of likely N-dealkylation sites (tertiary alicyclic amines) is 1. The minimum Gasteiger partial charge on any atom is -0.507 e. The van der Waals surface area contributed by atoms with E-state index in [-0.39, 0.29) is 36.0 Å². The molecule has 2 N–H and O–H groups in total. The first kappa shape index (κ1) is 25.8. The van der Waals surface area contributed by atoms with Crippen LogP contribution in [0.1, 0.15) is 28.3 Å². The third-order valence-corrected chi connectivity index (χ3v) is 6.21. The molecule has 8 heteroatoms. The van der Waals surface area contributed by atoms with Crippen molar-refractivity contribution in [2.24, 2.45) is 0 Å². The van der Waals surface area contributed by atoms with Gasteiger partial charge in [0.25, 0.3) is 11.7 Å². The molecule has 8 nitrogen and oxygen atoms in total. The maximum atomic E-state index is 13.1. The van der Waals surface area contributed by atoms with Crippen molar-refractivity contribution in [1.82, 2.24) is 4.90 Å². The van der Waals surface area contributed by atoms with Crippen LogP contribution in [0.15, 0.2) is 72.3 Å². The van der Waals surface area contributed by atoms with Gasteiger partial charge >= 0.3 is 0 Å². The average Bonchev–Trinajstić information content (AvgIpc) is 3.16. The number of amides is 1. The van der Waals surface area contributed by atoms with Crippen molar-refractivity contribution in [3.63, 3.8) is 0 Å². The fourth-order valence-corrected chi connectivity index (χ4v) is 4.34. The number of aromatic hydroxyl groups is 1. The van der Waals surface area contributed by atoms with Gasteiger partial charge in [-0.05, 0) is 54.4 Å². The molecule has 1 fully saturated rings. The highest BCUT2D eigenvalue weighted by atomic mass is 16.5. The molecule has 192 valence electrons. The number of nitrogens with zero attached hydrogens (tertiary/aromatic N) is 1. The van der Waals surface area contributed by atoms with Crippen molar-refractivity contribution in [1.29, 1.82) is 0 Å². The molecule has 0 unspecified atom stereocenters. The van der Waals surface area contributed by atoms with Crippen LogP contribution < -0.4 is 9.47 Å². The number of aryl methyl sites for hydroxylation is 1. The molecule has 0 radical (unpaired) electrons. The summed E-state index contributed by atoms with van der Waals surface area (Å²) in [7, 11) is 2.90. The zero-order valence-corrected chi connectivity index (χ0v) is 20.9. The number of phenols is 1. The van der Waals surface area contributed by atoms with Gasteiger partial charge in [-0.15, -0.1) is 0 Å². The molecule has 37 heavy (non-hydrogen) atoms.